The first-order chi connectivity index (χ1) is 16.2. The van der Waals surface area contributed by atoms with E-state index in [0.717, 1.165) is 29.5 Å². The van der Waals surface area contributed by atoms with E-state index in [9.17, 15) is 31.2 Å². The maximum absolute atomic E-state index is 13.5. The molecule has 7 nitrogen and oxygen atoms in total. The Morgan fingerprint density at radius 3 is 2.29 bits per heavy atom. The lowest BCUT2D eigenvalue weighted by atomic mass is 10.1. The molecule has 0 aliphatic rings. The van der Waals surface area contributed by atoms with Gasteiger partial charge in [-0.2, -0.15) is 13.2 Å². The predicted octanol–water partition coefficient (Wildman–Crippen LogP) is 3.99. The smallest absolute Gasteiger partial charge is 0.357 e. The number of benzene rings is 2. The predicted molar refractivity (Wildman–Crippen MR) is 129 cm³/mol. The molecule has 0 fully saturated rings. The molecule has 0 saturated carbocycles. The maximum Gasteiger partial charge on any atom is 0.416 e. The van der Waals surface area contributed by atoms with E-state index in [1.807, 2.05) is 19.1 Å². The summed E-state index contributed by atoms with van der Waals surface area (Å²) in [4.78, 5) is 27.2. The lowest BCUT2D eigenvalue weighted by Gasteiger charge is -2.33. The Balaban J connectivity index is 2.55. The SMILES string of the molecule is CC[C@H](C(=O)NC)N(Cc1ccccc1C)C(=O)CN(c1cc(C(F)(F)F)ccc1Cl)S(C)(=O)=O. The van der Waals surface area contributed by atoms with Crippen LogP contribution < -0.4 is 9.62 Å². The molecule has 0 saturated heterocycles. The van der Waals surface area contributed by atoms with Crippen molar-refractivity contribution in [3.05, 3.63) is 64.2 Å². The summed E-state index contributed by atoms with van der Waals surface area (Å²) in [7, 11) is -2.83. The number of halogens is 4. The fourth-order valence-electron chi connectivity index (χ4n) is 3.53. The number of hydrogen-bond donors (Lipinski definition) is 1. The van der Waals surface area contributed by atoms with Gasteiger partial charge >= 0.3 is 6.18 Å². The molecule has 0 aliphatic heterocycles. The first-order valence-electron chi connectivity index (χ1n) is 10.6. The molecule has 0 aromatic heterocycles. The van der Waals surface area contributed by atoms with E-state index in [1.54, 1.807) is 19.1 Å². The van der Waals surface area contributed by atoms with Crippen LogP contribution in [0.4, 0.5) is 18.9 Å². The zero-order valence-corrected chi connectivity index (χ0v) is 21.3. The second kappa shape index (κ2) is 11.3. The topological polar surface area (TPSA) is 86.8 Å². The minimum Gasteiger partial charge on any atom is -0.357 e. The van der Waals surface area contributed by atoms with Gasteiger partial charge in [0.05, 0.1) is 22.5 Å². The van der Waals surface area contributed by atoms with E-state index < -0.39 is 51.9 Å². The van der Waals surface area contributed by atoms with E-state index in [-0.39, 0.29) is 18.0 Å². The number of nitrogens with one attached hydrogen (secondary N) is 1. The largest absolute Gasteiger partial charge is 0.416 e. The zero-order valence-electron chi connectivity index (χ0n) is 19.7. The average molecular weight is 534 g/mol. The summed E-state index contributed by atoms with van der Waals surface area (Å²) in [5.74, 6) is -1.24. The number of hydrogen-bond acceptors (Lipinski definition) is 4. The molecule has 0 unspecified atom stereocenters. The first kappa shape index (κ1) is 28.4. The fourth-order valence-corrected chi connectivity index (χ4v) is 4.65. The van der Waals surface area contributed by atoms with Crippen LogP contribution >= 0.6 is 11.6 Å². The Kier molecular flexibility index (Phi) is 9.18. The van der Waals surface area contributed by atoms with Gasteiger partial charge in [0.25, 0.3) is 0 Å². The second-order valence-electron chi connectivity index (χ2n) is 7.92. The van der Waals surface area contributed by atoms with Gasteiger partial charge in [-0.3, -0.25) is 13.9 Å². The molecule has 2 rings (SSSR count). The summed E-state index contributed by atoms with van der Waals surface area (Å²) in [5, 5.41) is 2.21. The average Bonchev–Trinajstić information content (AvgIpc) is 2.77. The first-order valence-corrected chi connectivity index (χ1v) is 12.8. The third kappa shape index (κ3) is 7.11. The maximum atomic E-state index is 13.5. The number of nitrogens with zero attached hydrogens (tertiary/aromatic N) is 2. The van der Waals surface area contributed by atoms with Crippen molar-refractivity contribution in [2.75, 3.05) is 24.2 Å². The van der Waals surface area contributed by atoms with Crippen LogP contribution in [0.25, 0.3) is 0 Å². The number of amides is 2. The molecule has 0 bridgehead atoms. The van der Waals surface area contributed by atoms with Gasteiger partial charge in [0.1, 0.15) is 12.6 Å². The highest BCUT2D eigenvalue weighted by atomic mass is 35.5. The Hall–Kier alpha value is -2.79. The molecular weight excluding hydrogens is 507 g/mol. The molecule has 0 spiro atoms. The highest BCUT2D eigenvalue weighted by Crippen LogP contribution is 2.36. The molecule has 0 heterocycles. The normalized spacial score (nSPS) is 12.7. The van der Waals surface area contributed by atoms with E-state index in [1.165, 1.54) is 11.9 Å². The van der Waals surface area contributed by atoms with Gasteiger partial charge in [-0.05, 0) is 42.7 Å². The van der Waals surface area contributed by atoms with Crippen molar-refractivity contribution in [1.82, 2.24) is 10.2 Å². The van der Waals surface area contributed by atoms with Crippen LogP contribution in [-0.2, 0) is 32.3 Å². The summed E-state index contributed by atoms with van der Waals surface area (Å²) in [5.41, 5.74) is -0.0307. The molecule has 2 amide bonds. The molecule has 1 atom stereocenters. The summed E-state index contributed by atoms with van der Waals surface area (Å²) >= 11 is 6.06. The van der Waals surface area contributed by atoms with Crippen molar-refractivity contribution in [3.63, 3.8) is 0 Å². The monoisotopic (exact) mass is 533 g/mol. The number of carbonyl (C=O) groups excluding carboxylic acids is 2. The van der Waals surface area contributed by atoms with Crippen molar-refractivity contribution in [3.8, 4) is 0 Å². The number of rotatable bonds is 9. The van der Waals surface area contributed by atoms with Gasteiger partial charge in [0.15, 0.2) is 0 Å². The number of sulfonamides is 1. The minimum atomic E-state index is -4.75. The molecule has 0 aliphatic carbocycles. The van der Waals surface area contributed by atoms with Crippen molar-refractivity contribution in [1.29, 1.82) is 0 Å². The number of carbonyl (C=O) groups is 2. The Morgan fingerprint density at radius 1 is 1.14 bits per heavy atom. The molecule has 192 valence electrons. The third-order valence-electron chi connectivity index (χ3n) is 5.46. The molecule has 1 N–H and O–H groups in total. The van der Waals surface area contributed by atoms with E-state index in [0.29, 0.717) is 10.4 Å². The summed E-state index contributed by atoms with van der Waals surface area (Å²) < 4.78 is 65.5. The number of aryl methyl sites for hydroxylation is 1. The molecule has 2 aromatic rings. The van der Waals surface area contributed by atoms with Crippen LogP contribution in [0, 0.1) is 6.92 Å². The number of anilines is 1. The second-order valence-corrected chi connectivity index (χ2v) is 10.2. The van der Waals surface area contributed by atoms with Crippen LogP contribution in [0.2, 0.25) is 5.02 Å². The summed E-state index contributed by atoms with van der Waals surface area (Å²) in [6.45, 7) is 2.66. The van der Waals surface area contributed by atoms with Crippen LogP contribution in [0.15, 0.2) is 42.5 Å². The Morgan fingerprint density at radius 2 is 1.77 bits per heavy atom. The molecule has 2 aromatic carbocycles. The van der Waals surface area contributed by atoms with Crippen LogP contribution in [0.5, 0.6) is 0 Å². The fraction of sp³-hybridized carbons (Fsp3) is 0.391. The van der Waals surface area contributed by atoms with Crippen molar-refractivity contribution < 1.29 is 31.2 Å². The van der Waals surface area contributed by atoms with Crippen LogP contribution in [-0.4, -0.2) is 51.0 Å². The zero-order chi connectivity index (χ0) is 26.6. The van der Waals surface area contributed by atoms with Crippen molar-refractivity contribution in [2.45, 2.75) is 39.0 Å². The molecule has 35 heavy (non-hydrogen) atoms. The van der Waals surface area contributed by atoms with Crippen LogP contribution in [0.1, 0.15) is 30.0 Å². The van der Waals surface area contributed by atoms with E-state index in [2.05, 4.69) is 5.32 Å². The Bertz CT molecular complexity index is 1190. The highest BCUT2D eigenvalue weighted by Gasteiger charge is 2.35. The lowest BCUT2D eigenvalue weighted by molar-refractivity contribution is -0.140. The van der Waals surface area contributed by atoms with Gasteiger partial charge in [0, 0.05) is 13.6 Å². The van der Waals surface area contributed by atoms with Gasteiger partial charge < -0.3 is 10.2 Å². The van der Waals surface area contributed by atoms with Crippen LogP contribution in [0.3, 0.4) is 0 Å². The summed E-state index contributed by atoms with van der Waals surface area (Å²) in [6.07, 6.45) is -3.77. The van der Waals surface area contributed by atoms with Gasteiger partial charge in [-0.25, -0.2) is 8.42 Å². The molecular formula is C23H27ClF3N3O4S. The van der Waals surface area contributed by atoms with Gasteiger partial charge in [-0.1, -0.05) is 42.8 Å². The van der Waals surface area contributed by atoms with E-state index in [4.69, 9.17) is 11.6 Å². The summed E-state index contributed by atoms with van der Waals surface area (Å²) in [6, 6.07) is 8.45. The Labute approximate surface area is 207 Å². The quantitative estimate of drug-likeness (QED) is 0.528. The van der Waals surface area contributed by atoms with Crippen molar-refractivity contribution in [2.24, 2.45) is 0 Å². The lowest BCUT2D eigenvalue weighted by Crippen LogP contribution is -2.51. The van der Waals surface area contributed by atoms with E-state index >= 15 is 0 Å². The van der Waals surface area contributed by atoms with Gasteiger partial charge in [-0.15, -0.1) is 0 Å². The third-order valence-corrected chi connectivity index (χ3v) is 6.90. The molecule has 12 heteroatoms. The van der Waals surface area contributed by atoms with Gasteiger partial charge in [0.2, 0.25) is 21.8 Å². The highest BCUT2D eigenvalue weighted by molar-refractivity contribution is 7.92. The number of likely N-dealkylation sites (N-methyl/N-ethyl adjacent to an activating group) is 1. The van der Waals surface area contributed by atoms with Crippen molar-refractivity contribution >= 4 is 39.1 Å². The number of alkyl halides is 3. The minimum absolute atomic E-state index is 0.00857. The molecule has 0 radical (unpaired) electrons. The standard InChI is InChI=1S/C23H27ClF3N3O4S/c1-5-19(22(32)28-3)29(13-16-9-7-6-8-15(16)2)21(31)14-30(35(4,33)34)20-12-17(23(25,26)27)10-11-18(20)24/h6-12,19H,5,13-14H2,1-4H3,(H,28,32)/t19-/m1/s1.